The average molecular weight is 263 g/mol. The molecule has 0 atom stereocenters. The van der Waals surface area contributed by atoms with Crippen molar-refractivity contribution in [2.45, 2.75) is 20.3 Å². The van der Waals surface area contributed by atoms with Crippen LogP contribution in [-0.4, -0.2) is 9.97 Å². The van der Waals surface area contributed by atoms with Crippen LogP contribution >= 0.6 is 11.6 Å². The molecule has 1 aromatic heterocycles. The van der Waals surface area contributed by atoms with Gasteiger partial charge in [-0.3, -0.25) is 0 Å². The Hall–Kier alpha value is -1.65. The summed E-state index contributed by atoms with van der Waals surface area (Å²) in [5, 5.41) is 0.631. The maximum Gasteiger partial charge on any atom is 0.163 e. The number of halogens is 1. The van der Waals surface area contributed by atoms with E-state index < -0.39 is 0 Å². The Morgan fingerprint density at radius 2 is 2.00 bits per heavy atom. The molecule has 0 bridgehead atoms. The number of hydrogen-bond acceptors (Lipinski definition) is 4. The first-order chi connectivity index (χ1) is 8.67. The Balaban J connectivity index is 2.62. The predicted molar refractivity (Wildman–Crippen MR) is 74.4 cm³/mol. The molecule has 0 aliphatic rings. The fraction of sp³-hybridized carbons (Fsp3) is 0.231. The second kappa shape index (κ2) is 5.33. The van der Waals surface area contributed by atoms with Crippen LogP contribution in [-0.2, 0) is 6.42 Å². The minimum absolute atomic E-state index is 0.594. The van der Waals surface area contributed by atoms with E-state index in [0.29, 0.717) is 16.7 Å². The molecule has 0 saturated carbocycles. The van der Waals surface area contributed by atoms with Crippen LogP contribution in [0.1, 0.15) is 18.2 Å². The minimum atomic E-state index is 0.594. The zero-order valence-corrected chi connectivity index (χ0v) is 11.1. The van der Waals surface area contributed by atoms with Gasteiger partial charge in [-0.05, 0) is 25.5 Å². The van der Waals surface area contributed by atoms with Gasteiger partial charge >= 0.3 is 0 Å². The van der Waals surface area contributed by atoms with Crippen LogP contribution in [0, 0.1) is 6.92 Å². The lowest BCUT2D eigenvalue weighted by molar-refractivity contribution is 0.973. The van der Waals surface area contributed by atoms with Crippen molar-refractivity contribution in [3.05, 3.63) is 40.5 Å². The normalized spacial score (nSPS) is 10.4. The Bertz CT molecular complexity index is 544. The van der Waals surface area contributed by atoms with Gasteiger partial charge in [0.2, 0.25) is 0 Å². The van der Waals surface area contributed by atoms with Crippen molar-refractivity contribution in [1.29, 1.82) is 0 Å². The predicted octanol–water partition coefficient (Wildman–Crippen LogP) is 2.95. The first-order valence-electron chi connectivity index (χ1n) is 5.76. The van der Waals surface area contributed by atoms with E-state index in [2.05, 4.69) is 15.4 Å². The van der Waals surface area contributed by atoms with Gasteiger partial charge in [-0.1, -0.05) is 30.7 Å². The molecular weight excluding hydrogens is 248 g/mol. The molecule has 0 saturated heterocycles. The van der Waals surface area contributed by atoms with Gasteiger partial charge in [0.15, 0.2) is 5.82 Å². The number of benzene rings is 1. The number of nitrogens with zero attached hydrogens (tertiary/aromatic N) is 2. The molecular formula is C13H15ClN4. The van der Waals surface area contributed by atoms with Crippen LogP contribution in [0.3, 0.4) is 0 Å². The molecule has 4 nitrogen and oxygen atoms in total. The molecule has 2 aromatic rings. The number of aromatic nitrogens is 2. The van der Waals surface area contributed by atoms with E-state index in [4.69, 9.17) is 17.4 Å². The van der Waals surface area contributed by atoms with Crippen molar-refractivity contribution in [3.8, 4) is 11.4 Å². The summed E-state index contributed by atoms with van der Waals surface area (Å²) in [6.07, 6.45) is 0.820. The van der Waals surface area contributed by atoms with Crippen LogP contribution in [0.25, 0.3) is 11.4 Å². The van der Waals surface area contributed by atoms with Gasteiger partial charge in [0.05, 0.1) is 5.02 Å². The third-order valence-electron chi connectivity index (χ3n) is 2.83. The molecule has 0 aliphatic carbocycles. The van der Waals surface area contributed by atoms with Crippen LogP contribution in [0.2, 0.25) is 5.02 Å². The highest BCUT2D eigenvalue weighted by Gasteiger charge is 2.12. The van der Waals surface area contributed by atoms with E-state index in [1.807, 2.05) is 38.1 Å². The molecule has 0 spiro atoms. The third kappa shape index (κ3) is 2.30. The summed E-state index contributed by atoms with van der Waals surface area (Å²) in [5.41, 5.74) is 5.35. The van der Waals surface area contributed by atoms with Gasteiger partial charge in [0.1, 0.15) is 5.82 Å². The second-order valence-electron chi connectivity index (χ2n) is 3.95. The summed E-state index contributed by atoms with van der Waals surface area (Å²) < 4.78 is 0. The van der Waals surface area contributed by atoms with Crippen LogP contribution < -0.4 is 11.3 Å². The number of hydrazine groups is 1. The monoisotopic (exact) mass is 262 g/mol. The fourth-order valence-corrected chi connectivity index (χ4v) is 2.03. The average Bonchev–Trinajstić information content (AvgIpc) is 2.40. The molecule has 1 heterocycles. The second-order valence-corrected chi connectivity index (χ2v) is 4.35. The summed E-state index contributed by atoms with van der Waals surface area (Å²) >= 11 is 6.16. The Kier molecular flexibility index (Phi) is 3.79. The summed E-state index contributed by atoms with van der Waals surface area (Å²) in [5.74, 6) is 6.72. The summed E-state index contributed by atoms with van der Waals surface area (Å²) in [4.78, 5) is 8.94. The molecule has 94 valence electrons. The molecule has 18 heavy (non-hydrogen) atoms. The van der Waals surface area contributed by atoms with Crippen molar-refractivity contribution in [2.24, 2.45) is 5.84 Å². The summed E-state index contributed by atoms with van der Waals surface area (Å²) in [6.45, 7) is 4.00. The van der Waals surface area contributed by atoms with E-state index in [1.165, 1.54) is 0 Å². The molecule has 0 amide bonds. The van der Waals surface area contributed by atoms with Crippen molar-refractivity contribution in [1.82, 2.24) is 9.97 Å². The SMILES string of the molecule is CCc1nc(-c2ccccc2Cl)nc(NN)c1C. The quantitative estimate of drug-likeness (QED) is 0.659. The van der Waals surface area contributed by atoms with Crippen molar-refractivity contribution in [3.63, 3.8) is 0 Å². The summed E-state index contributed by atoms with van der Waals surface area (Å²) in [7, 11) is 0. The minimum Gasteiger partial charge on any atom is -0.308 e. The highest BCUT2D eigenvalue weighted by atomic mass is 35.5. The molecule has 5 heteroatoms. The molecule has 0 fully saturated rings. The number of nitrogens with one attached hydrogen (secondary N) is 1. The third-order valence-corrected chi connectivity index (χ3v) is 3.16. The van der Waals surface area contributed by atoms with E-state index in [0.717, 1.165) is 23.2 Å². The smallest absolute Gasteiger partial charge is 0.163 e. The maximum atomic E-state index is 6.16. The number of rotatable bonds is 3. The zero-order chi connectivity index (χ0) is 13.1. The Labute approximate surface area is 111 Å². The fourth-order valence-electron chi connectivity index (χ4n) is 1.81. The lowest BCUT2D eigenvalue weighted by atomic mass is 10.1. The highest BCUT2D eigenvalue weighted by molar-refractivity contribution is 6.33. The zero-order valence-electron chi connectivity index (χ0n) is 10.4. The number of hydrogen-bond donors (Lipinski definition) is 2. The van der Waals surface area contributed by atoms with E-state index in [9.17, 15) is 0 Å². The van der Waals surface area contributed by atoms with Crippen LogP contribution in [0.5, 0.6) is 0 Å². The Morgan fingerprint density at radius 3 is 2.61 bits per heavy atom. The van der Waals surface area contributed by atoms with Gasteiger partial charge in [-0.2, -0.15) is 0 Å². The Morgan fingerprint density at radius 1 is 1.28 bits per heavy atom. The van der Waals surface area contributed by atoms with Gasteiger partial charge < -0.3 is 5.43 Å². The van der Waals surface area contributed by atoms with Crippen molar-refractivity contribution in [2.75, 3.05) is 5.43 Å². The molecule has 0 aliphatic heterocycles. The molecule has 0 unspecified atom stereocenters. The highest BCUT2D eigenvalue weighted by Crippen LogP contribution is 2.27. The molecule has 2 rings (SSSR count). The van der Waals surface area contributed by atoms with Crippen LogP contribution in [0.4, 0.5) is 5.82 Å². The number of aryl methyl sites for hydroxylation is 1. The standard InChI is InChI=1S/C13H15ClN4/c1-3-11-8(2)12(18-15)17-13(16-11)9-6-4-5-7-10(9)14/h4-7H,3,15H2,1-2H3,(H,16,17,18). The van der Waals surface area contributed by atoms with Crippen LogP contribution in [0.15, 0.2) is 24.3 Å². The maximum absolute atomic E-state index is 6.16. The number of nitrogen functional groups attached to an aromatic ring is 1. The van der Waals surface area contributed by atoms with Gasteiger partial charge in [0.25, 0.3) is 0 Å². The topological polar surface area (TPSA) is 63.8 Å². The first kappa shape index (κ1) is 12.8. The molecule has 0 radical (unpaired) electrons. The number of nitrogens with two attached hydrogens (primary N) is 1. The lowest BCUT2D eigenvalue weighted by Gasteiger charge is -2.11. The molecule has 1 aromatic carbocycles. The lowest BCUT2D eigenvalue weighted by Crippen LogP contribution is -2.13. The van der Waals surface area contributed by atoms with Gasteiger partial charge in [0, 0.05) is 16.8 Å². The summed E-state index contributed by atoms with van der Waals surface area (Å²) in [6, 6.07) is 7.50. The largest absolute Gasteiger partial charge is 0.308 e. The van der Waals surface area contributed by atoms with Crippen molar-refractivity contribution < 1.29 is 0 Å². The van der Waals surface area contributed by atoms with Gasteiger partial charge in [-0.15, -0.1) is 0 Å². The molecule has 3 N–H and O–H groups in total. The number of anilines is 1. The first-order valence-corrected chi connectivity index (χ1v) is 6.14. The van der Waals surface area contributed by atoms with E-state index >= 15 is 0 Å². The van der Waals surface area contributed by atoms with Gasteiger partial charge in [-0.25, -0.2) is 15.8 Å². The van der Waals surface area contributed by atoms with E-state index in [1.54, 1.807) is 0 Å². The van der Waals surface area contributed by atoms with Crippen molar-refractivity contribution >= 4 is 17.4 Å². The van der Waals surface area contributed by atoms with E-state index in [-0.39, 0.29) is 0 Å².